The van der Waals surface area contributed by atoms with E-state index in [1.165, 1.54) is 20.1 Å². The van der Waals surface area contributed by atoms with Gasteiger partial charge in [0, 0.05) is 5.56 Å². The molecule has 0 amide bonds. The minimum Gasteiger partial charge on any atom is -0.497 e. The zero-order chi connectivity index (χ0) is 14.0. The predicted octanol–water partition coefficient (Wildman–Crippen LogP) is 1.60. The molecule has 1 atom stereocenters. The van der Waals surface area contributed by atoms with Crippen molar-refractivity contribution in [1.82, 2.24) is 0 Å². The first kappa shape index (κ1) is 13.1. The second-order valence-electron chi connectivity index (χ2n) is 4.26. The summed E-state index contributed by atoms with van der Waals surface area (Å²) in [6.07, 6.45) is 1.44. The van der Waals surface area contributed by atoms with Gasteiger partial charge < -0.3 is 14.2 Å². The third kappa shape index (κ3) is 1.97. The molecule has 0 saturated heterocycles. The first-order chi connectivity index (χ1) is 9.03. The summed E-state index contributed by atoms with van der Waals surface area (Å²) in [6, 6.07) is 4.86. The maximum Gasteiger partial charge on any atom is 0.333 e. The molecule has 2 rings (SSSR count). The van der Waals surface area contributed by atoms with Crippen molar-refractivity contribution in [3.63, 3.8) is 0 Å². The van der Waals surface area contributed by atoms with Gasteiger partial charge in [0.05, 0.1) is 7.11 Å². The van der Waals surface area contributed by atoms with Gasteiger partial charge in [-0.3, -0.25) is 9.59 Å². The Hall–Kier alpha value is -2.30. The van der Waals surface area contributed by atoms with Crippen LogP contribution in [0.2, 0.25) is 0 Å². The molecule has 1 aliphatic heterocycles. The Kier molecular flexibility index (Phi) is 3.29. The number of ether oxygens (including phenoxy) is 3. The molecular formula is C14H14O5. The fourth-order valence-electron chi connectivity index (χ4n) is 1.90. The average Bonchev–Trinajstić information content (AvgIpc) is 2.68. The largest absolute Gasteiger partial charge is 0.497 e. The van der Waals surface area contributed by atoms with Crippen molar-refractivity contribution < 1.29 is 23.8 Å². The summed E-state index contributed by atoms with van der Waals surface area (Å²) in [6.45, 7) is 4.98. The lowest BCUT2D eigenvalue weighted by Gasteiger charge is -2.18. The van der Waals surface area contributed by atoms with E-state index in [1.54, 1.807) is 18.2 Å². The molecule has 5 heteroatoms. The van der Waals surface area contributed by atoms with Crippen LogP contribution in [0.4, 0.5) is 0 Å². The van der Waals surface area contributed by atoms with Crippen molar-refractivity contribution in [1.29, 1.82) is 0 Å². The van der Waals surface area contributed by atoms with Crippen molar-refractivity contribution in [3.05, 3.63) is 36.4 Å². The Morgan fingerprint density at radius 3 is 2.89 bits per heavy atom. The lowest BCUT2D eigenvalue weighted by atomic mass is 9.84. The van der Waals surface area contributed by atoms with E-state index in [0.29, 0.717) is 17.1 Å². The lowest BCUT2D eigenvalue weighted by Crippen LogP contribution is -2.40. The zero-order valence-electron chi connectivity index (χ0n) is 10.8. The van der Waals surface area contributed by atoms with Gasteiger partial charge in [0.25, 0.3) is 0 Å². The Morgan fingerprint density at radius 2 is 2.26 bits per heavy atom. The van der Waals surface area contributed by atoms with E-state index in [4.69, 9.17) is 14.2 Å². The lowest BCUT2D eigenvalue weighted by molar-refractivity contribution is -0.156. The van der Waals surface area contributed by atoms with Gasteiger partial charge in [-0.2, -0.15) is 0 Å². The minimum atomic E-state index is -1.47. The molecule has 1 aromatic carbocycles. The fraction of sp³-hybridized carbons (Fsp3) is 0.286. The van der Waals surface area contributed by atoms with Gasteiger partial charge in [0.15, 0.2) is 5.41 Å². The SMILES string of the molecule is C=CCOC(=O)[C@@]1(C)C(=O)Oc2ccc(OC)cc21. The van der Waals surface area contributed by atoms with Crippen molar-refractivity contribution in [3.8, 4) is 11.5 Å². The highest BCUT2D eigenvalue weighted by Crippen LogP contribution is 2.42. The molecule has 0 saturated carbocycles. The summed E-state index contributed by atoms with van der Waals surface area (Å²) in [5.74, 6) is -0.419. The first-order valence-corrected chi connectivity index (χ1v) is 5.73. The van der Waals surface area contributed by atoms with Crippen LogP contribution in [-0.2, 0) is 19.7 Å². The van der Waals surface area contributed by atoms with Crippen molar-refractivity contribution in [2.24, 2.45) is 0 Å². The molecule has 0 spiro atoms. The Labute approximate surface area is 110 Å². The number of hydrogen-bond donors (Lipinski definition) is 0. The van der Waals surface area contributed by atoms with Crippen LogP contribution in [0.15, 0.2) is 30.9 Å². The fourth-order valence-corrected chi connectivity index (χ4v) is 1.90. The predicted molar refractivity (Wildman–Crippen MR) is 67.1 cm³/mol. The summed E-state index contributed by atoms with van der Waals surface area (Å²) < 4.78 is 15.2. The Bertz CT molecular complexity index is 549. The highest BCUT2D eigenvalue weighted by atomic mass is 16.6. The molecule has 0 aromatic heterocycles. The normalized spacial score (nSPS) is 20.4. The average molecular weight is 262 g/mol. The number of methoxy groups -OCH3 is 1. The number of rotatable bonds is 4. The second kappa shape index (κ2) is 4.76. The molecule has 100 valence electrons. The molecule has 0 N–H and O–H groups in total. The topological polar surface area (TPSA) is 61.8 Å². The summed E-state index contributed by atoms with van der Waals surface area (Å²) in [5.41, 5.74) is -1.02. The van der Waals surface area contributed by atoms with E-state index >= 15 is 0 Å². The third-order valence-corrected chi connectivity index (χ3v) is 3.08. The van der Waals surface area contributed by atoms with Crippen molar-refractivity contribution in [2.75, 3.05) is 13.7 Å². The van der Waals surface area contributed by atoms with Crippen LogP contribution in [0.3, 0.4) is 0 Å². The Balaban J connectivity index is 2.44. The Morgan fingerprint density at radius 1 is 1.53 bits per heavy atom. The van der Waals surface area contributed by atoms with Gasteiger partial charge in [0.2, 0.25) is 0 Å². The molecule has 19 heavy (non-hydrogen) atoms. The van der Waals surface area contributed by atoms with E-state index in [9.17, 15) is 9.59 Å². The van der Waals surface area contributed by atoms with Crippen LogP contribution >= 0.6 is 0 Å². The smallest absolute Gasteiger partial charge is 0.333 e. The van der Waals surface area contributed by atoms with E-state index in [1.807, 2.05) is 0 Å². The van der Waals surface area contributed by atoms with Gasteiger partial charge in [0.1, 0.15) is 18.1 Å². The number of carbonyl (C=O) groups is 2. The van der Waals surface area contributed by atoms with E-state index in [2.05, 4.69) is 6.58 Å². The zero-order valence-corrected chi connectivity index (χ0v) is 10.8. The molecule has 5 nitrogen and oxygen atoms in total. The van der Waals surface area contributed by atoms with Crippen molar-refractivity contribution in [2.45, 2.75) is 12.3 Å². The molecule has 1 heterocycles. The number of carbonyl (C=O) groups excluding carboxylic acids is 2. The van der Waals surface area contributed by atoms with Gasteiger partial charge >= 0.3 is 11.9 Å². The number of esters is 2. The highest BCUT2D eigenvalue weighted by Gasteiger charge is 2.53. The number of benzene rings is 1. The molecule has 1 aliphatic rings. The summed E-state index contributed by atoms with van der Waals surface area (Å²) >= 11 is 0. The quantitative estimate of drug-likeness (QED) is 0.357. The molecule has 0 unspecified atom stereocenters. The van der Waals surface area contributed by atoms with E-state index < -0.39 is 17.4 Å². The highest BCUT2D eigenvalue weighted by molar-refractivity contribution is 6.09. The van der Waals surface area contributed by atoms with E-state index in [0.717, 1.165) is 0 Å². The van der Waals surface area contributed by atoms with Gasteiger partial charge in [-0.05, 0) is 25.1 Å². The summed E-state index contributed by atoms with van der Waals surface area (Å²) in [4.78, 5) is 24.1. The van der Waals surface area contributed by atoms with Crippen LogP contribution in [0.1, 0.15) is 12.5 Å². The first-order valence-electron chi connectivity index (χ1n) is 5.73. The molecule has 0 bridgehead atoms. The van der Waals surface area contributed by atoms with Crippen molar-refractivity contribution >= 4 is 11.9 Å². The van der Waals surface area contributed by atoms with Crippen LogP contribution in [0.5, 0.6) is 11.5 Å². The van der Waals surface area contributed by atoms with Crippen LogP contribution in [0, 0.1) is 0 Å². The van der Waals surface area contributed by atoms with Gasteiger partial charge in [-0.1, -0.05) is 12.7 Å². The maximum absolute atomic E-state index is 12.1. The molecule has 0 radical (unpaired) electrons. The number of hydrogen-bond acceptors (Lipinski definition) is 5. The van der Waals surface area contributed by atoms with Crippen LogP contribution in [-0.4, -0.2) is 25.7 Å². The molecule has 1 aromatic rings. The monoisotopic (exact) mass is 262 g/mol. The van der Waals surface area contributed by atoms with Crippen LogP contribution in [0.25, 0.3) is 0 Å². The maximum atomic E-state index is 12.1. The second-order valence-corrected chi connectivity index (χ2v) is 4.26. The molecule has 0 fully saturated rings. The molecule has 0 aliphatic carbocycles. The van der Waals surface area contributed by atoms with Crippen LogP contribution < -0.4 is 9.47 Å². The summed E-state index contributed by atoms with van der Waals surface area (Å²) in [7, 11) is 1.51. The van der Waals surface area contributed by atoms with Gasteiger partial charge in [-0.25, -0.2) is 0 Å². The molecular weight excluding hydrogens is 248 g/mol. The van der Waals surface area contributed by atoms with Gasteiger partial charge in [-0.15, -0.1) is 0 Å². The minimum absolute atomic E-state index is 0.0427. The third-order valence-electron chi connectivity index (χ3n) is 3.08. The standard InChI is InChI=1S/C14H14O5/c1-4-7-18-12(15)14(2)10-8-9(17-3)5-6-11(10)19-13(14)16/h4-6,8H,1,7H2,2-3H3/t14-/m0/s1. The summed E-state index contributed by atoms with van der Waals surface area (Å²) in [5, 5.41) is 0. The van der Waals surface area contributed by atoms with E-state index in [-0.39, 0.29) is 6.61 Å². The number of fused-ring (bicyclic) bond motifs is 1.